The number of nitrogens with zero attached hydrogens (tertiary/aromatic N) is 6. The highest BCUT2D eigenvalue weighted by atomic mass is 32.2. The Labute approximate surface area is 212 Å². The topological polar surface area (TPSA) is 76.4 Å². The summed E-state index contributed by atoms with van der Waals surface area (Å²) in [5, 5.41) is 9.40. The summed E-state index contributed by atoms with van der Waals surface area (Å²) in [5.41, 5.74) is 2.26. The molecule has 0 atom stereocenters. The Bertz CT molecular complexity index is 1320. The monoisotopic (exact) mass is 504 g/mol. The molecule has 2 aromatic heterocycles. The van der Waals surface area contributed by atoms with Gasteiger partial charge in [-0.15, -0.1) is 10.2 Å². The summed E-state index contributed by atoms with van der Waals surface area (Å²) in [7, 11) is 1.62. The summed E-state index contributed by atoms with van der Waals surface area (Å²) in [5.74, 6) is 1.38. The van der Waals surface area contributed by atoms with Gasteiger partial charge in [-0.05, 0) is 48.5 Å². The first-order chi connectivity index (χ1) is 17.6. The minimum atomic E-state index is -0.241. The summed E-state index contributed by atoms with van der Waals surface area (Å²) in [6.45, 7) is 2.26. The van der Waals surface area contributed by atoms with Crippen LogP contribution in [0.5, 0.6) is 5.75 Å². The molecule has 1 aliphatic rings. The number of halogens is 1. The maximum atomic E-state index is 14.1. The largest absolute Gasteiger partial charge is 0.497 e. The van der Waals surface area contributed by atoms with E-state index in [0.29, 0.717) is 42.8 Å². The van der Waals surface area contributed by atoms with Gasteiger partial charge in [0.05, 0.1) is 18.6 Å². The number of benzene rings is 2. The Morgan fingerprint density at radius 1 is 1.00 bits per heavy atom. The maximum absolute atomic E-state index is 14.1. The van der Waals surface area contributed by atoms with E-state index in [1.807, 2.05) is 56.8 Å². The standard InChI is InChI=1S/C26H25FN6O2S/c1-35-21-10-8-20(9-11-21)33-25(19-5-4-12-28-17-19)29-30-26(33)36-18-24(34)32-15-13-31(14-16-32)23-7-3-2-6-22(23)27/h2-12,17H,13-16,18H2,1H3. The summed E-state index contributed by atoms with van der Waals surface area (Å²) < 4.78 is 21.3. The van der Waals surface area contributed by atoms with Crippen LogP contribution in [-0.2, 0) is 4.79 Å². The van der Waals surface area contributed by atoms with Crippen molar-refractivity contribution in [3.05, 3.63) is 78.9 Å². The second-order valence-corrected chi connectivity index (χ2v) is 9.13. The fourth-order valence-corrected chi connectivity index (χ4v) is 4.99. The first-order valence-corrected chi connectivity index (χ1v) is 12.5. The molecule has 0 radical (unpaired) electrons. The SMILES string of the molecule is COc1ccc(-n2c(SCC(=O)N3CCN(c4ccccc4F)CC3)nnc2-c2cccnc2)cc1. The van der Waals surface area contributed by atoms with Crippen LogP contribution < -0.4 is 9.64 Å². The van der Waals surface area contributed by atoms with Gasteiger partial charge in [-0.25, -0.2) is 4.39 Å². The Balaban J connectivity index is 1.30. The van der Waals surface area contributed by atoms with Gasteiger partial charge in [0.25, 0.3) is 0 Å². The van der Waals surface area contributed by atoms with Crippen LogP contribution in [0.15, 0.2) is 78.2 Å². The van der Waals surface area contributed by atoms with Crippen LogP contribution in [0, 0.1) is 5.82 Å². The zero-order chi connectivity index (χ0) is 24.9. The van der Waals surface area contributed by atoms with E-state index in [4.69, 9.17) is 4.74 Å². The Hall–Kier alpha value is -3.92. The van der Waals surface area contributed by atoms with Gasteiger partial charge in [0.1, 0.15) is 11.6 Å². The lowest BCUT2D eigenvalue weighted by Gasteiger charge is -2.36. The molecule has 3 heterocycles. The number of methoxy groups -OCH3 is 1. The molecule has 0 spiro atoms. The van der Waals surface area contributed by atoms with Crippen LogP contribution in [0.25, 0.3) is 17.1 Å². The van der Waals surface area contributed by atoms with Gasteiger partial charge in [-0.3, -0.25) is 14.3 Å². The Kier molecular flexibility index (Phi) is 7.13. The van der Waals surface area contributed by atoms with Gasteiger partial charge in [-0.1, -0.05) is 23.9 Å². The number of hydrogen-bond acceptors (Lipinski definition) is 7. The molecule has 4 aromatic rings. The lowest BCUT2D eigenvalue weighted by molar-refractivity contribution is -0.128. The quantitative estimate of drug-likeness (QED) is 0.353. The number of anilines is 1. The first kappa shape index (κ1) is 23.8. The summed E-state index contributed by atoms with van der Waals surface area (Å²) in [6, 6.07) is 18.1. The minimum Gasteiger partial charge on any atom is -0.497 e. The van der Waals surface area contributed by atoms with E-state index in [0.717, 1.165) is 17.0 Å². The molecular formula is C26H25FN6O2S. The van der Waals surface area contributed by atoms with E-state index >= 15 is 0 Å². The Morgan fingerprint density at radius 3 is 2.47 bits per heavy atom. The van der Waals surface area contributed by atoms with E-state index < -0.39 is 0 Å². The van der Waals surface area contributed by atoms with Crippen molar-refractivity contribution in [2.24, 2.45) is 0 Å². The third-order valence-corrected chi connectivity index (χ3v) is 6.95. The zero-order valence-corrected chi connectivity index (χ0v) is 20.6. The summed E-state index contributed by atoms with van der Waals surface area (Å²) in [6.07, 6.45) is 3.44. The van der Waals surface area contributed by atoms with Crippen molar-refractivity contribution in [1.29, 1.82) is 0 Å². The van der Waals surface area contributed by atoms with Gasteiger partial charge >= 0.3 is 0 Å². The minimum absolute atomic E-state index is 0.0143. The van der Waals surface area contributed by atoms with Crippen LogP contribution in [0.2, 0.25) is 0 Å². The van der Waals surface area contributed by atoms with E-state index in [-0.39, 0.29) is 17.5 Å². The smallest absolute Gasteiger partial charge is 0.233 e. The van der Waals surface area contributed by atoms with Gasteiger partial charge in [0.15, 0.2) is 11.0 Å². The van der Waals surface area contributed by atoms with E-state index in [9.17, 15) is 9.18 Å². The average molecular weight is 505 g/mol. The molecule has 5 rings (SSSR count). The molecule has 0 aliphatic carbocycles. The number of thioether (sulfide) groups is 1. The van der Waals surface area contributed by atoms with Gasteiger partial charge in [0.2, 0.25) is 5.91 Å². The number of hydrogen-bond donors (Lipinski definition) is 0. The Morgan fingerprint density at radius 2 is 1.78 bits per heavy atom. The number of pyridine rings is 1. The lowest BCUT2D eigenvalue weighted by Crippen LogP contribution is -2.49. The number of para-hydroxylation sites is 1. The van der Waals surface area contributed by atoms with Crippen molar-refractivity contribution in [1.82, 2.24) is 24.6 Å². The molecule has 0 unspecified atom stereocenters. The second kappa shape index (κ2) is 10.8. The predicted molar refractivity (Wildman–Crippen MR) is 137 cm³/mol. The third-order valence-electron chi connectivity index (χ3n) is 6.03. The van der Waals surface area contributed by atoms with E-state index in [2.05, 4.69) is 15.2 Å². The van der Waals surface area contributed by atoms with Crippen LogP contribution >= 0.6 is 11.8 Å². The second-order valence-electron chi connectivity index (χ2n) is 8.19. The lowest BCUT2D eigenvalue weighted by atomic mass is 10.2. The molecule has 0 bridgehead atoms. The maximum Gasteiger partial charge on any atom is 0.233 e. The molecule has 0 N–H and O–H groups in total. The van der Waals surface area contributed by atoms with Crippen LogP contribution in [0.1, 0.15) is 0 Å². The highest BCUT2D eigenvalue weighted by molar-refractivity contribution is 7.99. The molecule has 1 aliphatic heterocycles. The fraction of sp³-hybridized carbons (Fsp3) is 0.231. The summed E-state index contributed by atoms with van der Waals surface area (Å²) >= 11 is 1.34. The van der Waals surface area contributed by atoms with Crippen LogP contribution in [-0.4, -0.2) is 69.6 Å². The molecule has 1 saturated heterocycles. The molecule has 1 fully saturated rings. The molecular weight excluding hydrogens is 479 g/mol. The van der Waals surface area contributed by atoms with Crippen molar-refractivity contribution >= 4 is 23.4 Å². The molecule has 1 amide bonds. The molecule has 0 saturated carbocycles. The van der Waals surface area contributed by atoms with Crippen molar-refractivity contribution in [2.75, 3.05) is 43.9 Å². The van der Waals surface area contributed by atoms with Gasteiger partial charge < -0.3 is 14.5 Å². The van der Waals surface area contributed by atoms with Crippen molar-refractivity contribution in [3.8, 4) is 22.8 Å². The number of carbonyl (C=O) groups excluding carboxylic acids is 1. The number of carbonyl (C=O) groups is 1. The van der Waals surface area contributed by atoms with Crippen LogP contribution in [0.4, 0.5) is 10.1 Å². The number of rotatable bonds is 7. The molecule has 2 aromatic carbocycles. The fourth-order valence-electron chi connectivity index (χ4n) is 4.13. The first-order valence-electron chi connectivity index (χ1n) is 11.5. The average Bonchev–Trinajstić information content (AvgIpc) is 3.36. The molecule has 10 heteroatoms. The van der Waals surface area contributed by atoms with Crippen LogP contribution in [0.3, 0.4) is 0 Å². The predicted octanol–water partition coefficient (Wildman–Crippen LogP) is 3.92. The van der Waals surface area contributed by atoms with Gasteiger partial charge in [0, 0.05) is 49.8 Å². The zero-order valence-electron chi connectivity index (χ0n) is 19.7. The number of piperazine rings is 1. The number of amides is 1. The van der Waals surface area contributed by atoms with Gasteiger partial charge in [-0.2, -0.15) is 0 Å². The number of aromatic nitrogens is 4. The highest BCUT2D eigenvalue weighted by Crippen LogP contribution is 2.29. The summed E-state index contributed by atoms with van der Waals surface area (Å²) in [4.78, 5) is 21.0. The van der Waals surface area contributed by atoms with E-state index in [1.54, 1.807) is 31.6 Å². The van der Waals surface area contributed by atoms with Crippen molar-refractivity contribution in [2.45, 2.75) is 5.16 Å². The van der Waals surface area contributed by atoms with Crippen molar-refractivity contribution < 1.29 is 13.9 Å². The third kappa shape index (κ3) is 5.03. The molecule has 36 heavy (non-hydrogen) atoms. The van der Waals surface area contributed by atoms with Crippen molar-refractivity contribution in [3.63, 3.8) is 0 Å². The van der Waals surface area contributed by atoms with E-state index in [1.165, 1.54) is 17.8 Å². The highest BCUT2D eigenvalue weighted by Gasteiger charge is 2.24. The normalized spacial score (nSPS) is 13.6. The molecule has 8 nitrogen and oxygen atoms in total. The molecule has 184 valence electrons. The number of ether oxygens (including phenoxy) is 1.